The van der Waals surface area contributed by atoms with Crippen LogP contribution in [-0.2, 0) is 14.9 Å². The van der Waals surface area contributed by atoms with Gasteiger partial charge in [0.05, 0.1) is 7.11 Å². The van der Waals surface area contributed by atoms with Crippen molar-refractivity contribution in [2.45, 2.75) is 70.6 Å². The van der Waals surface area contributed by atoms with Crippen molar-refractivity contribution < 1.29 is 28.5 Å². The number of benzene rings is 2. The molecular formula is C30H35N3O6. The van der Waals surface area contributed by atoms with Crippen LogP contribution in [0.1, 0.15) is 69.1 Å². The van der Waals surface area contributed by atoms with Crippen LogP contribution in [0.25, 0.3) is 0 Å². The number of ether oxygens (including phenoxy) is 4. The summed E-state index contributed by atoms with van der Waals surface area (Å²) >= 11 is 0. The predicted octanol–water partition coefficient (Wildman–Crippen LogP) is 5.82. The number of carbonyl (C=O) groups excluding carboxylic acids is 2. The quantitative estimate of drug-likeness (QED) is 0.361. The molecule has 9 heteroatoms. The number of hydrogen-bond donors (Lipinski definition) is 1. The molecule has 39 heavy (non-hydrogen) atoms. The first-order chi connectivity index (χ1) is 18.4. The molecule has 0 saturated heterocycles. The number of amides is 1. The fourth-order valence-corrected chi connectivity index (χ4v) is 4.21. The van der Waals surface area contributed by atoms with Crippen molar-refractivity contribution in [3.63, 3.8) is 0 Å². The van der Waals surface area contributed by atoms with Crippen LogP contribution in [0, 0.1) is 0 Å². The van der Waals surface area contributed by atoms with Gasteiger partial charge in [0.15, 0.2) is 5.69 Å². The smallest absolute Gasteiger partial charge is 0.407 e. The second kappa shape index (κ2) is 11.3. The predicted molar refractivity (Wildman–Crippen MR) is 145 cm³/mol. The van der Waals surface area contributed by atoms with E-state index in [2.05, 4.69) is 46.2 Å². The molecule has 1 aliphatic rings. The van der Waals surface area contributed by atoms with Gasteiger partial charge in [-0.15, -0.1) is 10.2 Å². The summed E-state index contributed by atoms with van der Waals surface area (Å²) in [4.78, 5) is 23.4. The van der Waals surface area contributed by atoms with E-state index < -0.39 is 11.6 Å². The van der Waals surface area contributed by atoms with E-state index in [0.29, 0.717) is 5.75 Å². The Labute approximate surface area is 228 Å². The summed E-state index contributed by atoms with van der Waals surface area (Å²) in [5.74, 6) is 1.14. The summed E-state index contributed by atoms with van der Waals surface area (Å²) in [7, 11) is 1.29. The molecule has 0 radical (unpaired) electrons. The normalized spacial score (nSPS) is 17.0. The Hall–Kier alpha value is -4.14. The van der Waals surface area contributed by atoms with Crippen LogP contribution < -0.4 is 14.8 Å². The number of hydrogen-bond acceptors (Lipinski definition) is 8. The fraction of sp³-hybridized carbons (Fsp3) is 0.400. The largest absolute Gasteiger partial charge is 0.490 e. The van der Waals surface area contributed by atoms with E-state index in [4.69, 9.17) is 14.2 Å². The summed E-state index contributed by atoms with van der Waals surface area (Å²) in [5, 5.41) is 10.6. The standard InChI is InChI=1S/C30H35N3O6/c1-29(2,3)39-28(35)31-21-17-24(18-21)37-22-11-7-19(8-12-22)30(4,5)20-9-13-23(14-10-20)38-26-16-15-25(32-33-26)27(34)36-6/h7-16,21,24H,17-18H2,1-6H3,(H,31,35)/t21-,24-. The molecule has 0 unspecified atom stereocenters. The Morgan fingerprint density at radius 1 is 0.821 bits per heavy atom. The molecule has 1 saturated carbocycles. The van der Waals surface area contributed by atoms with Crippen LogP contribution in [0.3, 0.4) is 0 Å². The maximum absolute atomic E-state index is 11.9. The first kappa shape index (κ1) is 27.9. The molecule has 4 rings (SSSR count). The van der Waals surface area contributed by atoms with Gasteiger partial charge in [0.1, 0.15) is 23.2 Å². The average molecular weight is 534 g/mol. The second-order valence-corrected chi connectivity index (χ2v) is 11.1. The summed E-state index contributed by atoms with van der Waals surface area (Å²) in [5.41, 5.74) is 1.62. The van der Waals surface area contributed by atoms with Gasteiger partial charge in [-0.05, 0) is 62.2 Å². The van der Waals surface area contributed by atoms with Gasteiger partial charge in [-0.25, -0.2) is 9.59 Å². The molecule has 0 bridgehead atoms. The molecule has 1 amide bonds. The van der Waals surface area contributed by atoms with Crippen molar-refractivity contribution >= 4 is 12.1 Å². The maximum Gasteiger partial charge on any atom is 0.407 e. The van der Waals surface area contributed by atoms with Crippen LogP contribution in [-0.4, -0.2) is 47.1 Å². The number of nitrogens with zero attached hydrogens (tertiary/aromatic N) is 2. The van der Waals surface area contributed by atoms with Crippen molar-refractivity contribution in [3.8, 4) is 17.4 Å². The van der Waals surface area contributed by atoms with Gasteiger partial charge in [0, 0.05) is 30.4 Å². The van der Waals surface area contributed by atoms with E-state index in [1.807, 2.05) is 57.2 Å². The lowest BCUT2D eigenvalue weighted by molar-refractivity contribution is 0.0362. The third kappa shape index (κ3) is 7.25. The van der Waals surface area contributed by atoms with Crippen LogP contribution in [0.15, 0.2) is 60.7 Å². The van der Waals surface area contributed by atoms with Gasteiger partial charge in [-0.2, -0.15) is 0 Å². The lowest BCUT2D eigenvalue weighted by Gasteiger charge is -2.36. The number of rotatable bonds is 8. The lowest BCUT2D eigenvalue weighted by Crippen LogP contribution is -2.50. The number of esters is 1. The van der Waals surface area contributed by atoms with E-state index in [-0.39, 0.29) is 35.2 Å². The number of methoxy groups -OCH3 is 1. The molecule has 0 aliphatic heterocycles. The lowest BCUT2D eigenvalue weighted by atomic mass is 9.78. The van der Waals surface area contributed by atoms with Gasteiger partial charge >= 0.3 is 12.1 Å². The highest BCUT2D eigenvalue weighted by Crippen LogP contribution is 2.34. The van der Waals surface area contributed by atoms with Gasteiger partial charge in [-0.1, -0.05) is 38.1 Å². The summed E-state index contributed by atoms with van der Waals surface area (Å²) in [6.45, 7) is 9.86. The van der Waals surface area contributed by atoms with E-state index in [9.17, 15) is 9.59 Å². The monoisotopic (exact) mass is 533 g/mol. The Morgan fingerprint density at radius 2 is 1.41 bits per heavy atom. The van der Waals surface area contributed by atoms with Crippen molar-refractivity contribution in [1.82, 2.24) is 15.5 Å². The molecular weight excluding hydrogens is 498 g/mol. The van der Waals surface area contributed by atoms with Crippen molar-refractivity contribution in [1.29, 1.82) is 0 Å². The molecule has 2 aromatic carbocycles. The maximum atomic E-state index is 11.9. The summed E-state index contributed by atoms with van der Waals surface area (Å²) in [6, 6.07) is 19.1. The molecule has 1 fully saturated rings. The highest BCUT2D eigenvalue weighted by atomic mass is 16.6. The minimum Gasteiger partial charge on any atom is -0.490 e. The highest BCUT2D eigenvalue weighted by Gasteiger charge is 2.33. The topological polar surface area (TPSA) is 109 Å². The second-order valence-electron chi connectivity index (χ2n) is 11.1. The average Bonchev–Trinajstić information content (AvgIpc) is 2.87. The Balaban J connectivity index is 1.30. The van der Waals surface area contributed by atoms with E-state index >= 15 is 0 Å². The van der Waals surface area contributed by atoms with Gasteiger partial charge in [-0.3, -0.25) is 0 Å². The number of carbonyl (C=O) groups is 2. The van der Waals surface area contributed by atoms with Gasteiger partial charge in [0.25, 0.3) is 0 Å². The summed E-state index contributed by atoms with van der Waals surface area (Å²) in [6.07, 6.45) is 1.18. The van der Waals surface area contributed by atoms with E-state index in [1.165, 1.54) is 13.2 Å². The molecule has 0 spiro atoms. The molecule has 206 valence electrons. The number of alkyl carbamates (subject to hydrolysis) is 1. The van der Waals surface area contributed by atoms with Crippen molar-refractivity contribution in [3.05, 3.63) is 77.5 Å². The van der Waals surface area contributed by atoms with Crippen LogP contribution in [0.2, 0.25) is 0 Å². The SMILES string of the molecule is COC(=O)c1ccc(Oc2ccc(C(C)(C)c3ccc(O[C@H]4C[C@H](NC(=O)OC(C)(C)C)C4)cc3)cc2)nn1. The molecule has 1 aliphatic carbocycles. The van der Waals surface area contributed by atoms with Crippen LogP contribution in [0.5, 0.6) is 17.4 Å². The van der Waals surface area contributed by atoms with Crippen molar-refractivity contribution in [2.24, 2.45) is 0 Å². The minimum absolute atomic E-state index is 0.0673. The third-order valence-corrected chi connectivity index (χ3v) is 6.53. The zero-order valence-electron chi connectivity index (χ0n) is 23.2. The molecule has 1 N–H and O–H groups in total. The van der Waals surface area contributed by atoms with E-state index in [1.54, 1.807) is 6.07 Å². The van der Waals surface area contributed by atoms with E-state index in [0.717, 1.165) is 29.7 Å². The number of aromatic nitrogens is 2. The Kier molecular flexibility index (Phi) is 8.09. The molecule has 9 nitrogen and oxygen atoms in total. The minimum atomic E-state index is -0.551. The third-order valence-electron chi connectivity index (χ3n) is 6.53. The first-order valence-corrected chi connectivity index (χ1v) is 12.9. The van der Waals surface area contributed by atoms with Crippen molar-refractivity contribution in [2.75, 3.05) is 7.11 Å². The fourth-order valence-electron chi connectivity index (χ4n) is 4.21. The molecule has 1 aromatic heterocycles. The zero-order chi connectivity index (χ0) is 28.2. The molecule has 3 aromatic rings. The molecule has 1 heterocycles. The number of nitrogens with one attached hydrogen (secondary N) is 1. The van der Waals surface area contributed by atoms with Crippen LogP contribution in [0.4, 0.5) is 4.79 Å². The Morgan fingerprint density at radius 3 is 1.92 bits per heavy atom. The zero-order valence-corrected chi connectivity index (χ0v) is 23.2. The first-order valence-electron chi connectivity index (χ1n) is 12.9. The van der Waals surface area contributed by atoms with Gasteiger partial charge < -0.3 is 24.3 Å². The molecule has 0 atom stereocenters. The highest BCUT2D eigenvalue weighted by molar-refractivity contribution is 5.86. The van der Waals surface area contributed by atoms with Crippen LogP contribution >= 0.6 is 0 Å². The Bertz CT molecular complexity index is 1280. The van der Waals surface area contributed by atoms with Gasteiger partial charge in [0.2, 0.25) is 5.88 Å². The summed E-state index contributed by atoms with van der Waals surface area (Å²) < 4.78 is 21.8.